The van der Waals surface area contributed by atoms with Gasteiger partial charge in [-0.25, -0.2) is 9.97 Å². The molecule has 2 heterocycles. The van der Waals surface area contributed by atoms with Crippen molar-refractivity contribution >= 4 is 45.1 Å². The summed E-state index contributed by atoms with van der Waals surface area (Å²) in [5.41, 5.74) is -0.441. The van der Waals surface area contributed by atoms with Gasteiger partial charge in [0.25, 0.3) is 0 Å². The van der Waals surface area contributed by atoms with E-state index in [0.717, 1.165) is 21.9 Å². The monoisotopic (exact) mass is 325 g/mol. The smallest absolute Gasteiger partial charge is 0.316 e. The van der Waals surface area contributed by atoms with E-state index in [1.807, 2.05) is 39.3 Å². The highest BCUT2D eigenvalue weighted by Gasteiger charge is 2.16. The first-order valence-corrected chi connectivity index (χ1v) is 8.64. The highest BCUT2D eigenvalue weighted by Crippen LogP contribution is 2.25. The second-order valence-corrected chi connectivity index (χ2v) is 7.34. The normalized spacial score (nSPS) is 11.6. The van der Waals surface area contributed by atoms with Crippen molar-refractivity contribution < 1.29 is 9.53 Å². The molecule has 0 aliphatic heterocycles. The maximum atomic E-state index is 11.6. The molecule has 2 aromatic heterocycles. The number of hydrogen-bond donors (Lipinski definition) is 1. The molecule has 7 heteroatoms. The maximum absolute atomic E-state index is 11.6. The van der Waals surface area contributed by atoms with Crippen LogP contribution in [0.1, 0.15) is 26.6 Å². The number of thiophene rings is 1. The van der Waals surface area contributed by atoms with Crippen molar-refractivity contribution in [2.45, 2.75) is 32.1 Å². The van der Waals surface area contributed by atoms with Gasteiger partial charge in [-0.15, -0.1) is 23.1 Å². The molecule has 0 spiro atoms. The van der Waals surface area contributed by atoms with Crippen LogP contribution in [0, 0.1) is 0 Å². The molecule has 0 amide bonds. The van der Waals surface area contributed by atoms with E-state index in [1.165, 1.54) is 11.8 Å². The first-order valence-electron chi connectivity index (χ1n) is 6.60. The van der Waals surface area contributed by atoms with Crippen LogP contribution >= 0.6 is 23.1 Å². The number of carbonyl (C=O) groups excluding carboxylic acids is 1. The zero-order valence-corrected chi connectivity index (χ0v) is 14.2. The van der Waals surface area contributed by atoms with Gasteiger partial charge in [-0.1, -0.05) is 0 Å². The fourth-order valence-corrected chi connectivity index (χ4v) is 3.17. The van der Waals surface area contributed by atoms with Crippen molar-refractivity contribution in [3.63, 3.8) is 0 Å². The number of ether oxygens (including phenoxy) is 1. The van der Waals surface area contributed by atoms with Crippen LogP contribution in [0.2, 0.25) is 0 Å². The average molecular weight is 325 g/mol. The van der Waals surface area contributed by atoms with E-state index in [-0.39, 0.29) is 5.97 Å². The molecule has 5 nitrogen and oxygen atoms in total. The lowest BCUT2D eigenvalue weighted by atomic mass is 10.2. The fraction of sp³-hybridized carbons (Fsp3) is 0.500. The lowest BCUT2D eigenvalue weighted by Crippen LogP contribution is -2.25. The minimum Gasteiger partial charge on any atom is -0.459 e. The second kappa shape index (κ2) is 6.62. The van der Waals surface area contributed by atoms with Crippen molar-refractivity contribution in [2.24, 2.45) is 0 Å². The van der Waals surface area contributed by atoms with Gasteiger partial charge < -0.3 is 10.1 Å². The van der Waals surface area contributed by atoms with Crippen molar-refractivity contribution in [1.82, 2.24) is 9.97 Å². The van der Waals surface area contributed by atoms with Crippen molar-refractivity contribution in [2.75, 3.05) is 18.1 Å². The molecular weight excluding hydrogens is 306 g/mol. The molecule has 0 radical (unpaired) electrons. The predicted octanol–water partition coefficient (Wildman–Crippen LogP) is 3.31. The Hall–Kier alpha value is -1.34. The molecule has 0 bridgehead atoms. The summed E-state index contributed by atoms with van der Waals surface area (Å²) in [5.74, 6) is 2.23. The summed E-state index contributed by atoms with van der Waals surface area (Å²) in [7, 11) is 1.84. The van der Waals surface area contributed by atoms with Crippen molar-refractivity contribution in [3.8, 4) is 0 Å². The molecule has 2 aromatic rings. The lowest BCUT2D eigenvalue weighted by Gasteiger charge is -2.19. The summed E-state index contributed by atoms with van der Waals surface area (Å²) in [6.07, 6.45) is 0. The van der Waals surface area contributed by atoms with Crippen LogP contribution in [0.4, 0.5) is 5.82 Å². The Labute approximate surface area is 132 Å². The van der Waals surface area contributed by atoms with Gasteiger partial charge >= 0.3 is 5.97 Å². The Morgan fingerprint density at radius 3 is 2.86 bits per heavy atom. The van der Waals surface area contributed by atoms with E-state index in [4.69, 9.17) is 4.74 Å². The SMILES string of the molecule is CNc1nc(CSCC(=O)OC(C)(C)C)nc2sccc12. The standard InChI is InChI=1S/C14H19N3O2S2/c1-14(2,3)19-11(18)8-20-7-10-16-12(15-4)9-5-6-21-13(9)17-10/h5-6H,7-8H2,1-4H3,(H,15,16,17). The summed E-state index contributed by atoms with van der Waals surface area (Å²) in [6.45, 7) is 5.59. The molecule has 2 rings (SSSR count). The zero-order valence-electron chi connectivity index (χ0n) is 12.6. The zero-order chi connectivity index (χ0) is 15.5. The van der Waals surface area contributed by atoms with Crippen LogP contribution in [0.15, 0.2) is 11.4 Å². The summed E-state index contributed by atoms with van der Waals surface area (Å²) >= 11 is 3.05. The number of carbonyl (C=O) groups is 1. The number of hydrogen-bond acceptors (Lipinski definition) is 7. The van der Waals surface area contributed by atoms with Crippen molar-refractivity contribution in [1.29, 1.82) is 0 Å². The topological polar surface area (TPSA) is 64.1 Å². The largest absolute Gasteiger partial charge is 0.459 e. The molecule has 0 aromatic carbocycles. The number of fused-ring (bicyclic) bond motifs is 1. The molecule has 1 N–H and O–H groups in total. The van der Waals surface area contributed by atoms with E-state index in [2.05, 4.69) is 15.3 Å². The molecule has 0 aliphatic carbocycles. The first kappa shape index (κ1) is 16.0. The van der Waals surface area contributed by atoms with E-state index in [1.54, 1.807) is 11.3 Å². The average Bonchev–Trinajstić information content (AvgIpc) is 2.83. The number of aromatic nitrogens is 2. The second-order valence-electron chi connectivity index (χ2n) is 5.46. The van der Waals surface area contributed by atoms with Gasteiger partial charge in [-0.3, -0.25) is 4.79 Å². The highest BCUT2D eigenvalue weighted by atomic mass is 32.2. The highest BCUT2D eigenvalue weighted by molar-refractivity contribution is 7.99. The van der Waals surface area contributed by atoms with Gasteiger partial charge in [-0.05, 0) is 32.2 Å². The molecule has 21 heavy (non-hydrogen) atoms. The number of anilines is 1. The van der Waals surface area contributed by atoms with Crippen LogP contribution in [-0.4, -0.2) is 34.3 Å². The summed E-state index contributed by atoms with van der Waals surface area (Å²) in [6, 6.07) is 2.00. The molecule has 0 aliphatic rings. The Morgan fingerprint density at radius 2 is 2.19 bits per heavy atom. The van der Waals surface area contributed by atoms with E-state index in [0.29, 0.717) is 11.5 Å². The Balaban J connectivity index is 1.96. The number of nitrogens with zero attached hydrogens (tertiary/aromatic N) is 2. The van der Waals surface area contributed by atoms with Gasteiger partial charge in [0.2, 0.25) is 0 Å². The minimum absolute atomic E-state index is 0.210. The number of thioether (sulfide) groups is 1. The number of nitrogens with one attached hydrogen (secondary N) is 1. The summed E-state index contributed by atoms with van der Waals surface area (Å²) in [5, 5.41) is 6.11. The van der Waals surface area contributed by atoms with Gasteiger partial charge in [0.15, 0.2) is 0 Å². The first-order chi connectivity index (χ1) is 9.89. The fourth-order valence-electron chi connectivity index (χ4n) is 1.75. The maximum Gasteiger partial charge on any atom is 0.316 e. The molecule has 0 fully saturated rings. The van der Waals surface area contributed by atoms with Gasteiger partial charge in [-0.2, -0.15) is 0 Å². The third kappa shape index (κ3) is 4.57. The Morgan fingerprint density at radius 1 is 1.43 bits per heavy atom. The molecule has 0 unspecified atom stereocenters. The third-order valence-electron chi connectivity index (χ3n) is 2.48. The van der Waals surface area contributed by atoms with Crippen LogP contribution in [-0.2, 0) is 15.3 Å². The lowest BCUT2D eigenvalue weighted by molar-refractivity contribution is -0.151. The van der Waals surface area contributed by atoms with Crippen LogP contribution in [0.5, 0.6) is 0 Å². The molecule has 0 atom stereocenters. The van der Waals surface area contributed by atoms with Crippen LogP contribution < -0.4 is 5.32 Å². The summed E-state index contributed by atoms with van der Waals surface area (Å²) < 4.78 is 5.27. The van der Waals surface area contributed by atoms with E-state index < -0.39 is 5.60 Å². The minimum atomic E-state index is -0.441. The summed E-state index contributed by atoms with van der Waals surface area (Å²) in [4.78, 5) is 21.6. The molecule has 0 saturated heterocycles. The molecule has 0 saturated carbocycles. The van der Waals surface area contributed by atoms with Crippen molar-refractivity contribution in [3.05, 3.63) is 17.3 Å². The van der Waals surface area contributed by atoms with Crippen LogP contribution in [0.3, 0.4) is 0 Å². The number of esters is 1. The quantitative estimate of drug-likeness (QED) is 0.851. The van der Waals surface area contributed by atoms with Gasteiger partial charge in [0, 0.05) is 7.05 Å². The van der Waals surface area contributed by atoms with E-state index in [9.17, 15) is 4.79 Å². The number of rotatable bonds is 5. The van der Waals surface area contributed by atoms with Gasteiger partial charge in [0.05, 0.1) is 16.9 Å². The Bertz CT molecular complexity index is 635. The van der Waals surface area contributed by atoms with Gasteiger partial charge in [0.1, 0.15) is 22.1 Å². The molecular formula is C14H19N3O2S2. The molecule has 114 valence electrons. The third-order valence-corrected chi connectivity index (χ3v) is 4.19. The van der Waals surface area contributed by atoms with Crippen LogP contribution in [0.25, 0.3) is 10.2 Å². The Kier molecular flexibility index (Phi) is 5.05. The van der Waals surface area contributed by atoms with E-state index >= 15 is 0 Å². The predicted molar refractivity (Wildman–Crippen MR) is 89.0 cm³/mol.